The zero-order valence-corrected chi connectivity index (χ0v) is 12.3. The third-order valence-corrected chi connectivity index (χ3v) is 3.44. The number of aryl methyl sites for hydroxylation is 3. The van der Waals surface area contributed by atoms with Gasteiger partial charge in [0.05, 0.1) is 11.4 Å². The summed E-state index contributed by atoms with van der Waals surface area (Å²) in [6, 6.07) is 8.79. The first-order valence-electron chi connectivity index (χ1n) is 7.01. The molecule has 2 aromatic rings. The summed E-state index contributed by atoms with van der Waals surface area (Å²) in [6.07, 6.45) is 1.98. The van der Waals surface area contributed by atoms with Gasteiger partial charge < -0.3 is 5.32 Å². The van der Waals surface area contributed by atoms with Crippen LogP contribution in [0, 0.1) is 6.92 Å². The lowest BCUT2D eigenvalue weighted by atomic mass is 10.1. The lowest BCUT2D eigenvalue weighted by Gasteiger charge is -2.11. The zero-order valence-electron chi connectivity index (χ0n) is 12.3. The first kappa shape index (κ1) is 13.8. The van der Waals surface area contributed by atoms with E-state index < -0.39 is 0 Å². The van der Waals surface area contributed by atoms with Gasteiger partial charge in [0.2, 0.25) is 0 Å². The fraction of sp³-hybridized carbons (Fsp3) is 0.438. The molecule has 0 bridgehead atoms. The highest BCUT2D eigenvalue weighted by Crippen LogP contribution is 2.19. The molecule has 1 N–H and O–H groups in total. The minimum absolute atomic E-state index is 0.886. The van der Waals surface area contributed by atoms with Crippen LogP contribution in [0.15, 0.2) is 24.3 Å². The molecule has 0 aliphatic rings. The second kappa shape index (κ2) is 6.02. The Bertz CT molecular complexity index is 555. The molecule has 1 aromatic carbocycles. The number of rotatable bonds is 5. The van der Waals surface area contributed by atoms with Crippen molar-refractivity contribution in [3.63, 3.8) is 0 Å². The van der Waals surface area contributed by atoms with E-state index in [-0.39, 0.29) is 0 Å². The number of nitrogens with zero attached hydrogens (tertiary/aromatic N) is 2. The van der Waals surface area contributed by atoms with E-state index in [1.165, 1.54) is 22.5 Å². The van der Waals surface area contributed by atoms with E-state index in [0.29, 0.717) is 0 Å². The number of aromatic nitrogens is 2. The molecule has 2 rings (SSSR count). The minimum Gasteiger partial charge on any atom is -0.316 e. The fourth-order valence-corrected chi connectivity index (χ4v) is 2.31. The molecule has 0 saturated carbocycles. The number of hydrogen-bond donors (Lipinski definition) is 1. The molecule has 0 atom stereocenters. The Morgan fingerprint density at radius 1 is 1.16 bits per heavy atom. The molecule has 0 radical (unpaired) electrons. The summed E-state index contributed by atoms with van der Waals surface area (Å²) >= 11 is 0. The van der Waals surface area contributed by atoms with Crippen molar-refractivity contribution in [3.05, 3.63) is 46.8 Å². The van der Waals surface area contributed by atoms with E-state index in [4.69, 9.17) is 5.10 Å². The second-order valence-corrected chi connectivity index (χ2v) is 4.90. The summed E-state index contributed by atoms with van der Waals surface area (Å²) in [5, 5.41) is 7.93. The van der Waals surface area contributed by atoms with Crippen LogP contribution in [0.2, 0.25) is 0 Å². The quantitative estimate of drug-likeness (QED) is 0.892. The van der Waals surface area contributed by atoms with Gasteiger partial charge in [0.15, 0.2) is 0 Å². The Labute approximate surface area is 115 Å². The van der Waals surface area contributed by atoms with Crippen LogP contribution < -0.4 is 5.32 Å². The fourth-order valence-electron chi connectivity index (χ4n) is 2.31. The van der Waals surface area contributed by atoms with Crippen LogP contribution in [0.1, 0.15) is 36.4 Å². The largest absolute Gasteiger partial charge is 0.316 e. The van der Waals surface area contributed by atoms with Crippen molar-refractivity contribution in [2.75, 3.05) is 7.05 Å². The van der Waals surface area contributed by atoms with Gasteiger partial charge in [-0.2, -0.15) is 5.10 Å². The lowest BCUT2D eigenvalue weighted by molar-refractivity contribution is 0.779. The van der Waals surface area contributed by atoms with Crippen molar-refractivity contribution in [2.24, 2.45) is 0 Å². The van der Waals surface area contributed by atoms with E-state index in [1.54, 1.807) is 0 Å². The summed E-state index contributed by atoms with van der Waals surface area (Å²) in [4.78, 5) is 0. The Balaban J connectivity index is 2.50. The van der Waals surface area contributed by atoms with Crippen LogP contribution >= 0.6 is 0 Å². The monoisotopic (exact) mass is 257 g/mol. The van der Waals surface area contributed by atoms with E-state index >= 15 is 0 Å². The lowest BCUT2D eigenvalue weighted by Crippen LogP contribution is -2.08. The van der Waals surface area contributed by atoms with Crippen molar-refractivity contribution in [1.29, 1.82) is 0 Å². The van der Waals surface area contributed by atoms with Crippen LogP contribution in [-0.4, -0.2) is 16.8 Å². The Hall–Kier alpha value is -1.61. The van der Waals surface area contributed by atoms with Crippen molar-refractivity contribution in [2.45, 2.75) is 40.2 Å². The summed E-state index contributed by atoms with van der Waals surface area (Å²) in [5.41, 5.74) is 6.19. The molecule has 1 aromatic heterocycles. The maximum atomic E-state index is 4.73. The summed E-state index contributed by atoms with van der Waals surface area (Å²) < 4.78 is 2.10. The summed E-state index contributed by atoms with van der Waals surface area (Å²) in [7, 11) is 1.97. The molecule has 3 nitrogen and oxygen atoms in total. The molecule has 0 unspecified atom stereocenters. The second-order valence-electron chi connectivity index (χ2n) is 4.90. The van der Waals surface area contributed by atoms with Crippen LogP contribution in [0.3, 0.4) is 0 Å². The van der Waals surface area contributed by atoms with Gasteiger partial charge in [0.25, 0.3) is 0 Å². The Kier molecular flexibility index (Phi) is 4.38. The molecule has 0 saturated heterocycles. The van der Waals surface area contributed by atoms with Gasteiger partial charge in [0, 0.05) is 12.2 Å². The molecule has 3 heteroatoms. The standard InChI is InChI=1S/C16H23N3/c1-5-14-10-15(6-2)19(18-14)16-9-13(11-17-4)8-7-12(16)3/h7-10,17H,5-6,11H2,1-4H3. The molecule has 0 amide bonds. The minimum atomic E-state index is 0.886. The van der Waals surface area contributed by atoms with Crippen LogP contribution in [-0.2, 0) is 19.4 Å². The molecule has 19 heavy (non-hydrogen) atoms. The number of hydrogen-bond acceptors (Lipinski definition) is 2. The van der Waals surface area contributed by atoms with Crippen molar-refractivity contribution < 1.29 is 0 Å². The smallest absolute Gasteiger partial charge is 0.0681 e. The van der Waals surface area contributed by atoms with E-state index in [0.717, 1.165) is 25.1 Å². The number of benzene rings is 1. The maximum Gasteiger partial charge on any atom is 0.0681 e. The van der Waals surface area contributed by atoms with Crippen molar-refractivity contribution in [1.82, 2.24) is 15.1 Å². The molecular weight excluding hydrogens is 234 g/mol. The summed E-state index contributed by atoms with van der Waals surface area (Å²) in [5.74, 6) is 0. The van der Waals surface area contributed by atoms with Gasteiger partial charge >= 0.3 is 0 Å². The van der Waals surface area contributed by atoms with Gasteiger partial charge in [-0.1, -0.05) is 26.0 Å². The first-order chi connectivity index (χ1) is 9.19. The third-order valence-electron chi connectivity index (χ3n) is 3.44. The van der Waals surface area contributed by atoms with E-state index in [9.17, 15) is 0 Å². The highest BCUT2D eigenvalue weighted by molar-refractivity contribution is 5.44. The average Bonchev–Trinajstić information content (AvgIpc) is 2.84. The SMILES string of the molecule is CCc1cc(CC)n(-c2cc(CNC)ccc2C)n1. The van der Waals surface area contributed by atoms with Gasteiger partial charge in [-0.3, -0.25) is 0 Å². The molecule has 0 fully saturated rings. The predicted molar refractivity (Wildman–Crippen MR) is 79.8 cm³/mol. The Morgan fingerprint density at radius 3 is 2.58 bits per heavy atom. The third kappa shape index (κ3) is 2.87. The average molecular weight is 257 g/mol. The predicted octanol–water partition coefficient (Wildman–Crippen LogP) is 3.02. The van der Waals surface area contributed by atoms with E-state index in [2.05, 4.69) is 55.0 Å². The van der Waals surface area contributed by atoms with Gasteiger partial charge in [-0.15, -0.1) is 0 Å². The normalized spacial score (nSPS) is 10.9. The van der Waals surface area contributed by atoms with Gasteiger partial charge in [-0.25, -0.2) is 4.68 Å². The molecule has 0 spiro atoms. The van der Waals surface area contributed by atoms with Crippen molar-refractivity contribution >= 4 is 0 Å². The van der Waals surface area contributed by atoms with Gasteiger partial charge in [0.1, 0.15) is 0 Å². The molecule has 0 aliphatic carbocycles. The maximum absolute atomic E-state index is 4.73. The molecule has 1 heterocycles. The van der Waals surface area contributed by atoms with E-state index in [1.807, 2.05) is 7.05 Å². The highest BCUT2D eigenvalue weighted by atomic mass is 15.3. The topological polar surface area (TPSA) is 29.9 Å². The number of nitrogens with one attached hydrogen (secondary N) is 1. The van der Waals surface area contributed by atoms with Crippen LogP contribution in [0.4, 0.5) is 0 Å². The molecule has 102 valence electrons. The molecule has 0 aliphatic heterocycles. The van der Waals surface area contributed by atoms with Crippen LogP contribution in [0.25, 0.3) is 5.69 Å². The zero-order chi connectivity index (χ0) is 13.8. The van der Waals surface area contributed by atoms with Crippen molar-refractivity contribution in [3.8, 4) is 5.69 Å². The molecular formula is C16H23N3. The van der Waals surface area contributed by atoms with Gasteiger partial charge in [-0.05, 0) is 50.1 Å². The summed E-state index contributed by atoms with van der Waals surface area (Å²) in [6.45, 7) is 7.36. The van der Waals surface area contributed by atoms with Crippen LogP contribution in [0.5, 0.6) is 0 Å². The highest BCUT2D eigenvalue weighted by Gasteiger charge is 2.10. The Morgan fingerprint density at radius 2 is 1.95 bits per heavy atom. The first-order valence-corrected chi connectivity index (χ1v) is 7.01.